The van der Waals surface area contributed by atoms with Gasteiger partial charge in [-0.15, -0.1) is 6.58 Å². The van der Waals surface area contributed by atoms with E-state index in [2.05, 4.69) is 39.2 Å². The zero-order chi connectivity index (χ0) is 9.56. The maximum atomic E-state index is 8.32. The standard InChI is InChI=1S/C8H12IN3/c1-4-6(2)8(11-12-10)7(3)5-9/h4-6,8H,1H2,2-3H3/b7-5+/t6-,8-/m0/s1. The average molecular weight is 277 g/mol. The molecule has 0 aromatic rings. The van der Waals surface area contributed by atoms with Gasteiger partial charge in [-0.25, -0.2) is 0 Å². The smallest absolute Gasteiger partial charge is 0.0649 e. The van der Waals surface area contributed by atoms with Crippen LogP contribution in [0.2, 0.25) is 0 Å². The Morgan fingerprint density at radius 3 is 2.67 bits per heavy atom. The van der Waals surface area contributed by atoms with Gasteiger partial charge in [0.1, 0.15) is 0 Å². The third-order valence-electron chi connectivity index (χ3n) is 1.68. The minimum absolute atomic E-state index is 0.0931. The average Bonchev–Trinajstić information content (AvgIpc) is 2.11. The molecule has 0 aliphatic heterocycles. The van der Waals surface area contributed by atoms with Crippen LogP contribution in [-0.4, -0.2) is 6.04 Å². The van der Waals surface area contributed by atoms with Gasteiger partial charge in [0.2, 0.25) is 0 Å². The highest BCUT2D eigenvalue weighted by molar-refractivity contribution is 14.1. The molecule has 0 amide bonds. The molecule has 12 heavy (non-hydrogen) atoms. The second kappa shape index (κ2) is 6.08. The number of hydrogen-bond donors (Lipinski definition) is 0. The first kappa shape index (κ1) is 11.5. The molecule has 66 valence electrons. The summed E-state index contributed by atoms with van der Waals surface area (Å²) in [4.78, 5) is 2.81. The molecule has 0 unspecified atom stereocenters. The van der Waals surface area contributed by atoms with E-state index in [4.69, 9.17) is 5.53 Å². The first-order valence-electron chi connectivity index (χ1n) is 3.61. The van der Waals surface area contributed by atoms with E-state index in [-0.39, 0.29) is 12.0 Å². The van der Waals surface area contributed by atoms with Crippen LogP contribution in [0, 0.1) is 5.92 Å². The normalized spacial score (nSPS) is 16.1. The van der Waals surface area contributed by atoms with E-state index in [0.29, 0.717) is 0 Å². The summed E-state index contributed by atoms with van der Waals surface area (Å²) in [5.74, 6) is 0.187. The van der Waals surface area contributed by atoms with Crippen LogP contribution in [0.3, 0.4) is 0 Å². The Morgan fingerprint density at radius 1 is 1.75 bits per heavy atom. The lowest BCUT2D eigenvalue weighted by molar-refractivity contribution is 0.603. The van der Waals surface area contributed by atoms with E-state index in [1.54, 1.807) is 6.08 Å². The zero-order valence-electron chi connectivity index (χ0n) is 7.24. The molecule has 0 heterocycles. The second-order valence-electron chi connectivity index (χ2n) is 2.60. The molecule has 2 atom stereocenters. The number of rotatable bonds is 4. The molecule has 0 saturated carbocycles. The third-order valence-corrected chi connectivity index (χ3v) is 2.67. The Labute approximate surface area is 86.3 Å². The van der Waals surface area contributed by atoms with E-state index in [9.17, 15) is 0 Å². The van der Waals surface area contributed by atoms with E-state index < -0.39 is 0 Å². The summed E-state index contributed by atoms with van der Waals surface area (Å²) < 4.78 is 1.93. The predicted molar refractivity (Wildman–Crippen MR) is 60.1 cm³/mol. The van der Waals surface area contributed by atoms with Crippen LogP contribution in [0.25, 0.3) is 10.4 Å². The Hall–Kier alpha value is -0.480. The van der Waals surface area contributed by atoms with E-state index in [1.807, 2.05) is 17.9 Å². The molecule has 0 radical (unpaired) electrons. The van der Waals surface area contributed by atoms with Crippen molar-refractivity contribution in [1.82, 2.24) is 0 Å². The van der Waals surface area contributed by atoms with Crippen molar-refractivity contribution in [3.05, 3.63) is 32.8 Å². The zero-order valence-corrected chi connectivity index (χ0v) is 9.39. The van der Waals surface area contributed by atoms with E-state index in [1.165, 1.54) is 0 Å². The summed E-state index contributed by atoms with van der Waals surface area (Å²) >= 11 is 2.14. The number of halogens is 1. The fourth-order valence-corrected chi connectivity index (χ4v) is 1.23. The molecular weight excluding hydrogens is 265 g/mol. The van der Waals surface area contributed by atoms with Gasteiger partial charge >= 0.3 is 0 Å². The number of azide groups is 1. The summed E-state index contributed by atoms with van der Waals surface area (Å²) in [7, 11) is 0. The summed E-state index contributed by atoms with van der Waals surface area (Å²) in [6, 6.07) is -0.0931. The van der Waals surface area contributed by atoms with E-state index >= 15 is 0 Å². The molecule has 4 heteroatoms. The van der Waals surface area contributed by atoms with Gasteiger partial charge in [0, 0.05) is 4.91 Å². The van der Waals surface area contributed by atoms with Crippen LogP contribution in [0.5, 0.6) is 0 Å². The molecule has 0 aromatic heterocycles. The topological polar surface area (TPSA) is 48.8 Å². The quantitative estimate of drug-likeness (QED) is 0.246. The Bertz CT molecular complexity index is 228. The molecule has 0 rings (SSSR count). The maximum absolute atomic E-state index is 8.32. The first-order chi connectivity index (χ1) is 5.67. The minimum Gasteiger partial charge on any atom is -0.103 e. The van der Waals surface area contributed by atoms with Gasteiger partial charge < -0.3 is 0 Å². The summed E-state index contributed by atoms with van der Waals surface area (Å²) in [6.45, 7) is 7.60. The van der Waals surface area contributed by atoms with Crippen molar-refractivity contribution < 1.29 is 0 Å². The largest absolute Gasteiger partial charge is 0.103 e. The molecule has 0 saturated heterocycles. The monoisotopic (exact) mass is 277 g/mol. The molecule has 0 aliphatic rings. The van der Waals surface area contributed by atoms with Gasteiger partial charge in [0.15, 0.2) is 0 Å². The summed E-state index contributed by atoms with van der Waals surface area (Å²) in [5.41, 5.74) is 9.39. The lowest BCUT2D eigenvalue weighted by Gasteiger charge is -2.15. The van der Waals surface area contributed by atoms with Crippen molar-refractivity contribution in [2.75, 3.05) is 0 Å². The third kappa shape index (κ3) is 3.28. The van der Waals surface area contributed by atoms with Crippen molar-refractivity contribution in [3.63, 3.8) is 0 Å². The van der Waals surface area contributed by atoms with Crippen molar-refractivity contribution >= 4 is 22.6 Å². The molecule has 0 aromatic carbocycles. The fourth-order valence-electron chi connectivity index (χ4n) is 0.860. The molecule has 0 spiro atoms. The number of hydrogen-bond acceptors (Lipinski definition) is 1. The van der Waals surface area contributed by atoms with Crippen molar-refractivity contribution in [1.29, 1.82) is 0 Å². The summed E-state index contributed by atoms with van der Waals surface area (Å²) in [5, 5.41) is 3.70. The first-order valence-corrected chi connectivity index (χ1v) is 4.85. The Morgan fingerprint density at radius 2 is 2.33 bits per heavy atom. The van der Waals surface area contributed by atoms with Crippen LogP contribution in [0.1, 0.15) is 13.8 Å². The Balaban J connectivity index is 4.65. The highest BCUT2D eigenvalue weighted by Gasteiger charge is 2.13. The Kier molecular flexibility index (Phi) is 5.84. The van der Waals surface area contributed by atoms with E-state index in [0.717, 1.165) is 5.57 Å². The molecule has 0 bridgehead atoms. The predicted octanol–water partition coefficient (Wildman–Crippen LogP) is 3.83. The van der Waals surface area contributed by atoms with Crippen LogP contribution in [0.4, 0.5) is 0 Å². The second-order valence-corrected chi connectivity index (χ2v) is 3.22. The van der Waals surface area contributed by atoms with Crippen molar-refractivity contribution in [3.8, 4) is 0 Å². The lowest BCUT2D eigenvalue weighted by Crippen LogP contribution is -2.13. The molecular formula is C8H12IN3. The summed E-state index contributed by atoms with van der Waals surface area (Å²) in [6.07, 6.45) is 1.79. The lowest BCUT2D eigenvalue weighted by atomic mass is 9.97. The van der Waals surface area contributed by atoms with Crippen LogP contribution < -0.4 is 0 Å². The minimum atomic E-state index is -0.0931. The van der Waals surface area contributed by atoms with Gasteiger partial charge in [-0.05, 0) is 22.5 Å². The fraction of sp³-hybridized carbons (Fsp3) is 0.500. The van der Waals surface area contributed by atoms with Crippen LogP contribution in [-0.2, 0) is 0 Å². The highest BCUT2D eigenvalue weighted by Crippen LogP contribution is 2.18. The highest BCUT2D eigenvalue weighted by atomic mass is 127. The maximum Gasteiger partial charge on any atom is 0.0649 e. The molecule has 0 fully saturated rings. The van der Waals surface area contributed by atoms with Crippen LogP contribution in [0.15, 0.2) is 27.4 Å². The number of nitrogens with zero attached hydrogens (tertiary/aromatic N) is 3. The van der Waals surface area contributed by atoms with Gasteiger partial charge in [-0.3, -0.25) is 0 Å². The molecule has 3 nitrogen and oxygen atoms in total. The van der Waals surface area contributed by atoms with Gasteiger partial charge in [0.05, 0.1) is 6.04 Å². The SMILES string of the molecule is C=C[C@H](C)[C@H](N=[N+]=[N-])/C(C)=C/I. The van der Waals surface area contributed by atoms with Gasteiger partial charge in [0.25, 0.3) is 0 Å². The molecule has 0 aliphatic carbocycles. The molecule has 0 N–H and O–H groups in total. The van der Waals surface area contributed by atoms with Gasteiger partial charge in [-0.2, -0.15) is 0 Å². The van der Waals surface area contributed by atoms with Crippen molar-refractivity contribution in [2.24, 2.45) is 11.0 Å². The van der Waals surface area contributed by atoms with Crippen molar-refractivity contribution in [2.45, 2.75) is 19.9 Å². The van der Waals surface area contributed by atoms with Crippen LogP contribution >= 0.6 is 22.6 Å². The van der Waals surface area contributed by atoms with Gasteiger partial charge in [-0.1, -0.05) is 46.3 Å².